The van der Waals surface area contributed by atoms with Gasteiger partial charge in [-0.25, -0.2) is 0 Å². The Bertz CT molecular complexity index is 673. The summed E-state index contributed by atoms with van der Waals surface area (Å²) in [5, 5.41) is 4.06. The topological polar surface area (TPSA) is 32.3 Å². The van der Waals surface area contributed by atoms with Gasteiger partial charge < -0.3 is 10.2 Å². The predicted molar refractivity (Wildman–Crippen MR) is 96.5 cm³/mol. The number of piperazine rings is 1. The lowest BCUT2D eigenvalue weighted by atomic mass is 10.0. The molecular weight excluding hydrogens is 331 g/mol. The van der Waals surface area contributed by atoms with Gasteiger partial charge in [0.1, 0.15) is 0 Å². The van der Waals surface area contributed by atoms with Gasteiger partial charge in [0.15, 0.2) is 0 Å². The Labute approximate surface area is 148 Å². The highest BCUT2D eigenvalue weighted by Gasteiger charge is 2.28. The summed E-state index contributed by atoms with van der Waals surface area (Å²) in [6.45, 7) is 4.28. The second-order valence-corrected chi connectivity index (χ2v) is 6.08. The van der Waals surface area contributed by atoms with Crippen molar-refractivity contribution < 1.29 is 4.79 Å². The minimum Gasteiger partial charge on any atom is -0.329 e. The molecule has 122 valence electrons. The molecule has 2 aromatic carbocycles. The van der Waals surface area contributed by atoms with Crippen LogP contribution in [0.25, 0.3) is 0 Å². The SMILES string of the molecule is Cc1ccc(C(=O)N2CCNCC2c2cccc(Cl)c2)cc1.Cl. The Morgan fingerprint density at radius 2 is 1.96 bits per heavy atom. The van der Waals surface area contributed by atoms with Crippen LogP contribution in [0.5, 0.6) is 0 Å². The van der Waals surface area contributed by atoms with Crippen LogP contribution < -0.4 is 5.32 Å². The van der Waals surface area contributed by atoms with Crippen LogP contribution in [0.2, 0.25) is 5.02 Å². The van der Waals surface area contributed by atoms with Crippen molar-refractivity contribution in [3.8, 4) is 0 Å². The summed E-state index contributed by atoms with van der Waals surface area (Å²) in [6, 6.07) is 15.5. The zero-order valence-corrected chi connectivity index (χ0v) is 14.5. The van der Waals surface area contributed by atoms with E-state index in [1.54, 1.807) is 0 Å². The molecule has 0 bridgehead atoms. The second kappa shape index (κ2) is 7.82. The summed E-state index contributed by atoms with van der Waals surface area (Å²) in [5.41, 5.74) is 2.96. The summed E-state index contributed by atoms with van der Waals surface area (Å²) in [5.74, 6) is 0.0754. The third-order valence-electron chi connectivity index (χ3n) is 4.04. The first-order valence-electron chi connectivity index (χ1n) is 7.49. The Balaban J connectivity index is 0.00000192. The van der Waals surface area contributed by atoms with Gasteiger partial charge in [-0.3, -0.25) is 4.79 Å². The van der Waals surface area contributed by atoms with Gasteiger partial charge in [0.2, 0.25) is 0 Å². The van der Waals surface area contributed by atoms with Gasteiger partial charge in [0, 0.05) is 30.2 Å². The molecule has 2 aromatic rings. The largest absolute Gasteiger partial charge is 0.329 e. The number of carbonyl (C=O) groups excluding carboxylic acids is 1. The summed E-state index contributed by atoms with van der Waals surface area (Å²) in [4.78, 5) is 14.8. The molecule has 23 heavy (non-hydrogen) atoms. The fourth-order valence-corrected chi connectivity index (χ4v) is 3.02. The van der Waals surface area contributed by atoms with Crippen molar-refractivity contribution in [2.24, 2.45) is 0 Å². The number of amides is 1. The van der Waals surface area contributed by atoms with Crippen molar-refractivity contribution >= 4 is 29.9 Å². The van der Waals surface area contributed by atoms with E-state index >= 15 is 0 Å². The molecule has 1 unspecified atom stereocenters. The molecule has 0 saturated carbocycles. The third kappa shape index (κ3) is 4.05. The lowest BCUT2D eigenvalue weighted by Crippen LogP contribution is -2.48. The highest BCUT2D eigenvalue weighted by atomic mass is 35.5. The quantitative estimate of drug-likeness (QED) is 0.891. The van der Waals surface area contributed by atoms with Gasteiger partial charge in [-0.05, 0) is 36.8 Å². The minimum atomic E-state index is 0. The first kappa shape index (κ1) is 17.8. The van der Waals surface area contributed by atoms with Gasteiger partial charge in [0.05, 0.1) is 6.04 Å². The molecule has 1 heterocycles. The van der Waals surface area contributed by atoms with Crippen LogP contribution in [0.1, 0.15) is 27.5 Å². The maximum atomic E-state index is 12.8. The Morgan fingerprint density at radius 1 is 1.22 bits per heavy atom. The number of aryl methyl sites for hydroxylation is 1. The standard InChI is InChI=1S/C18H19ClN2O.ClH/c1-13-5-7-14(8-6-13)18(22)21-10-9-20-12-17(21)15-3-2-4-16(19)11-15;/h2-8,11,17,20H,9-10,12H2,1H3;1H. The molecule has 1 fully saturated rings. The van der Waals surface area contributed by atoms with E-state index in [9.17, 15) is 4.79 Å². The smallest absolute Gasteiger partial charge is 0.254 e. The van der Waals surface area contributed by atoms with Crippen molar-refractivity contribution in [3.05, 3.63) is 70.2 Å². The maximum absolute atomic E-state index is 12.8. The van der Waals surface area contributed by atoms with E-state index in [2.05, 4.69) is 5.32 Å². The van der Waals surface area contributed by atoms with Crippen molar-refractivity contribution in [1.29, 1.82) is 0 Å². The zero-order chi connectivity index (χ0) is 15.5. The molecular formula is C18H20Cl2N2O. The Kier molecular flexibility index (Phi) is 6.05. The molecule has 3 rings (SSSR count). The van der Waals surface area contributed by atoms with E-state index in [0.29, 0.717) is 11.6 Å². The van der Waals surface area contributed by atoms with Gasteiger partial charge in [-0.1, -0.05) is 41.4 Å². The third-order valence-corrected chi connectivity index (χ3v) is 4.27. The second-order valence-electron chi connectivity index (χ2n) is 5.64. The Hall–Kier alpha value is -1.55. The van der Waals surface area contributed by atoms with Gasteiger partial charge in [-0.2, -0.15) is 0 Å². The van der Waals surface area contributed by atoms with E-state index in [1.807, 2.05) is 60.4 Å². The van der Waals surface area contributed by atoms with Crippen molar-refractivity contribution in [3.63, 3.8) is 0 Å². The van der Waals surface area contributed by atoms with E-state index in [4.69, 9.17) is 11.6 Å². The van der Waals surface area contributed by atoms with Crippen molar-refractivity contribution in [2.75, 3.05) is 19.6 Å². The number of halogens is 2. The molecule has 3 nitrogen and oxygen atoms in total. The van der Waals surface area contributed by atoms with Crippen LogP contribution in [0.4, 0.5) is 0 Å². The summed E-state index contributed by atoms with van der Waals surface area (Å²) < 4.78 is 0. The van der Waals surface area contributed by atoms with Gasteiger partial charge in [0.25, 0.3) is 5.91 Å². The lowest BCUT2D eigenvalue weighted by molar-refractivity contribution is 0.0634. The van der Waals surface area contributed by atoms with E-state index in [-0.39, 0.29) is 24.4 Å². The first-order valence-corrected chi connectivity index (χ1v) is 7.87. The molecule has 0 aromatic heterocycles. The molecule has 0 radical (unpaired) electrons. The number of rotatable bonds is 2. The number of hydrogen-bond donors (Lipinski definition) is 1. The van der Waals surface area contributed by atoms with Gasteiger partial charge in [-0.15, -0.1) is 12.4 Å². The van der Waals surface area contributed by atoms with Crippen LogP contribution in [0, 0.1) is 6.92 Å². The minimum absolute atomic E-state index is 0. The van der Waals surface area contributed by atoms with E-state index in [0.717, 1.165) is 29.8 Å². The highest BCUT2D eigenvalue weighted by Crippen LogP contribution is 2.26. The zero-order valence-electron chi connectivity index (χ0n) is 13.0. The Morgan fingerprint density at radius 3 is 2.65 bits per heavy atom. The molecule has 0 spiro atoms. The molecule has 1 N–H and O–H groups in total. The van der Waals surface area contributed by atoms with E-state index < -0.39 is 0 Å². The highest BCUT2D eigenvalue weighted by molar-refractivity contribution is 6.30. The number of benzene rings is 2. The number of carbonyl (C=O) groups is 1. The van der Waals surface area contributed by atoms with Crippen molar-refractivity contribution in [2.45, 2.75) is 13.0 Å². The first-order chi connectivity index (χ1) is 10.6. The normalized spacial score (nSPS) is 17.5. The van der Waals surface area contributed by atoms with Crippen LogP contribution in [-0.4, -0.2) is 30.4 Å². The predicted octanol–water partition coefficient (Wildman–Crippen LogP) is 3.86. The fraction of sp³-hybridized carbons (Fsp3) is 0.278. The van der Waals surface area contributed by atoms with Crippen LogP contribution >= 0.6 is 24.0 Å². The fourth-order valence-electron chi connectivity index (χ4n) is 2.82. The van der Waals surface area contributed by atoms with Crippen LogP contribution in [0.3, 0.4) is 0 Å². The molecule has 1 atom stereocenters. The molecule has 1 saturated heterocycles. The van der Waals surface area contributed by atoms with E-state index in [1.165, 1.54) is 0 Å². The number of nitrogens with zero attached hydrogens (tertiary/aromatic N) is 1. The molecule has 1 amide bonds. The molecule has 1 aliphatic rings. The van der Waals surface area contributed by atoms with Crippen molar-refractivity contribution in [1.82, 2.24) is 10.2 Å². The number of hydrogen-bond acceptors (Lipinski definition) is 2. The lowest BCUT2D eigenvalue weighted by Gasteiger charge is -2.36. The average molecular weight is 351 g/mol. The van der Waals surface area contributed by atoms with Gasteiger partial charge >= 0.3 is 0 Å². The summed E-state index contributed by atoms with van der Waals surface area (Å²) >= 11 is 6.10. The molecule has 1 aliphatic heterocycles. The number of nitrogens with one attached hydrogen (secondary N) is 1. The molecule has 0 aliphatic carbocycles. The maximum Gasteiger partial charge on any atom is 0.254 e. The molecule has 5 heteroatoms. The summed E-state index contributed by atoms with van der Waals surface area (Å²) in [7, 11) is 0. The average Bonchev–Trinajstić information content (AvgIpc) is 2.55. The van der Waals surface area contributed by atoms with Crippen LogP contribution in [0.15, 0.2) is 48.5 Å². The van der Waals surface area contributed by atoms with Crippen LogP contribution in [-0.2, 0) is 0 Å². The summed E-state index contributed by atoms with van der Waals surface area (Å²) in [6.07, 6.45) is 0. The monoisotopic (exact) mass is 350 g/mol.